The van der Waals surface area contributed by atoms with Crippen molar-refractivity contribution < 1.29 is 4.79 Å². The van der Waals surface area contributed by atoms with E-state index in [2.05, 4.69) is 27.8 Å². The Morgan fingerprint density at radius 1 is 1.27 bits per heavy atom. The van der Waals surface area contributed by atoms with E-state index in [4.69, 9.17) is 0 Å². The normalized spacial score (nSPS) is 19.2. The summed E-state index contributed by atoms with van der Waals surface area (Å²) in [5.74, 6) is 0.266. The Balaban J connectivity index is 1.52. The zero-order valence-corrected chi connectivity index (χ0v) is 13.4. The molecule has 4 nitrogen and oxygen atoms in total. The van der Waals surface area contributed by atoms with Crippen LogP contribution >= 0.6 is 11.3 Å². The van der Waals surface area contributed by atoms with E-state index in [0.29, 0.717) is 12.5 Å². The van der Waals surface area contributed by atoms with Crippen LogP contribution in [0, 0.1) is 0 Å². The van der Waals surface area contributed by atoms with Gasteiger partial charge in [0.2, 0.25) is 5.91 Å². The fourth-order valence-corrected chi connectivity index (χ4v) is 3.34. The Bertz CT molecular complexity index is 585. The van der Waals surface area contributed by atoms with Gasteiger partial charge in [0, 0.05) is 37.5 Å². The standard InChI is InChI=1S/C17H21N3OS/c21-17-7-6-15(18-10-16-12-22-13-19-16)8-9-20(17)11-14-4-2-1-3-5-14/h1-5,12-13,15,18H,6-11H2. The van der Waals surface area contributed by atoms with Crippen LogP contribution in [0.1, 0.15) is 30.5 Å². The lowest BCUT2D eigenvalue weighted by atomic mass is 10.1. The number of nitrogens with zero attached hydrogens (tertiary/aromatic N) is 2. The molecule has 1 aliphatic heterocycles. The maximum Gasteiger partial charge on any atom is 0.222 e. The molecule has 1 aromatic carbocycles. The van der Waals surface area contributed by atoms with Gasteiger partial charge >= 0.3 is 0 Å². The number of aromatic nitrogens is 1. The molecule has 1 saturated heterocycles. The summed E-state index contributed by atoms with van der Waals surface area (Å²) >= 11 is 1.62. The molecule has 1 aliphatic rings. The smallest absolute Gasteiger partial charge is 0.222 e. The Hall–Kier alpha value is -1.72. The highest BCUT2D eigenvalue weighted by Gasteiger charge is 2.22. The van der Waals surface area contributed by atoms with E-state index < -0.39 is 0 Å². The predicted octanol–water partition coefficient (Wildman–Crippen LogP) is 2.81. The highest BCUT2D eigenvalue weighted by atomic mass is 32.1. The van der Waals surface area contributed by atoms with Crippen LogP contribution in [-0.4, -0.2) is 28.4 Å². The average Bonchev–Trinajstić information content (AvgIpc) is 3.01. The van der Waals surface area contributed by atoms with Crippen LogP contribution in [-0.2, 0) is 17.9 Å². The van der Waals surface area contributed by atoms with Gasteiger partial charge in [-0.2, -0.15) is 0 Å². The molecule has 1 amide bonds. The summed E-state index contributed by atoms with van der Waals surface area (Å²) in [7, 11) is 0. The SMILES string of the molecule is O=C1CCC(NCc2cscn2)CCN1Cc1ccccc1. The number of nitrogens with one attached hydrogen (secondary N) is 1. The highest BCUT2D eigenvalue weighted by Crippen LogP contribution is 2.16. The number of amides is 1. The largest absolute Gasteiger partial charge is 0.338 e. The second-order valence-corrected chi connectivity index (χ2v) is 6.40. The highest BCUT2D eigenvalue weighted by molar-refractivity contribution is 7.07. The van der Waals surface area contributed by atoms with Crippen molar-refractivity contribution in [2.24, 2.45) is 0 Å². The second-order valence-electron chi connectivity index (χ2n) is 5.69. The Labute approximate surface area is 135 Å². The first-order valence-electron chi connectivity index (χ1n) is 7.73. The van der Waals surface area contributed by atoms with Crippen molar-refractivity contribution in [3.05, 3.63) is 52.5 Å². The summed E-state index contributed by atoms with van der Waals surface area (Å²) in [6.07, 6.45) is 2.54. The minimum absolute atomic E-state index is 0.266. The van der Waals surface area contributed by atoms with E-state index in [0.717, 1.165) is 38.2 Å². The number of likely N-dealkylation sites (tertiary alicyclic amines) is 1. The maximum absolute atomic E-state index is 12.3. The van der Waals surface area contributed by atoms with E-state index in [-0.39, 0.29) is 5.91 Å². The van der Waals surface area contributed by atoms with E-state index in [1.807, 2.05) is 28.6 Å². The molecule has 0 radical (unpaired) electrons. The predicted molar refractivity (Wildman–Crippen MR) is 88.5 cm³/mol. The molecule has 0 bridgehead atoms. The minimum Gasteiger partial charge on any atom is -0.338 e. The summed E-state index contributed by atoms with van der Waals surface area (Å²) in [6, 6.07) is 10.6. The van der Waals surface area contributed by atoms with Crippen LogP contribution < -0.4 is 5.32 Å². The Kier molecular flexibility index (Phi) is 5.19. The molecule has 1 unspecified atom stereocenters. The molecule has 1 atom stereocenters. The van der Waals surface area contributed by atoms with Crippen LogP contribution in [0.4, 0.5) is 0 Å². The van der Waals surface area contributed by atoms with Gasteiger partial charge in [0.15, 0.2) is 0 Å². The average molecular weight is 315 g/mol. The zero-order valence-electron chi connectivity index (χ0n) is 12.6. The van der Waals surface area contributed by atoms with E-state index in [9.17, 15) is 4.79 Å². The van der Waals surface area contributed by atoms with Crippen molar-refractivity contribution in [2.75, 3.05) is 6.54 Å². The molecule has 0 saturated carbocycles. The Morgan fingerprint density at radius 2 is 2.14 bits per heavy atom. The first-order chi connectivity index (χ1) is 10.8. The molecule has 1 N–H and O–H groups in total. The third kappa shape index (κ3) is 4.15. The van der Waals surface area contributed by atoms with Crippen LogP contribution in [0.3, 0.4) is 0 Å². The van der Waals surface area contributed by atoms with Crippen LogP contribution in [0.25, 0.3) is 0 Å². The third-order valence-electron chi connectivity index (χ3n) is 4.08. The van der Waals surface area contributed by atoms with Gasteiger partial charge in [-0.3, -0.25) is 4.79 Å². The first-order valence-corrected chi connectivity index (χ1v) is 8.67. The number of carbonyl (C=O) groups excluding carboxylic acids is 1. The van der Waals surface area contributed by atoms with Gasteiger partial charge in [0.05, 0.1) is 11.2 Å². The van der Waals surface area contributed by atoms with Crippen LogP contribution in [0.2, 0.25) is 0 Å². The summed E-state index contributed by atoms with van der Waals surface area (Å²) in [6.45, 7) is 2.34. The van der Waals surface area contributed by atoms with Gasteiger partial charge in [-0.15, -0.1) is 11.3 Å². The Morgan fingerprint density at radius 3 is 2.91 bits per heavy atom. The van der Waals surface area contributed by atoms with Gasteiger partial charge in [-0.1, -0.05) is 30.3 Å². The first kappa shape index (κ1) is 15.2. The van der Waals surface area contributed by atoms with Crippen LogP contribution in [0.5, 0.6) is 0 Å². The number of hydrogen-bond acceptors (Lipinski definition) is 4. The molecular formula is C17H21N3OS. The fraction of sp³-hybridized carbons (Fsp3) is 0.412. The van der Waals surface area contributed by atoms with E-state index >= 15 is 0 Å². The van der Waals surface area contributed by atoms with Crippen molar-refractivity contribution in [3.8, 4) is 0 Å². The second kappa shape index (κ2) is 7.51. The summed E-state index contributed by atoms with van der Waals surface area (Å²) < 4.78 is 0. The lowest BCUT2D eigenvalue weighted by molar-refractivity contribution is -0.131. The van der Waals surface area contributed by atoms with Crippen molar-refractivity contribution in [3.63, 3.8) is 0 Å². The molecule has 2 aromatic rings. The van der Waals surface area contributed by atoms with Gasteiger partial charge in [0.25, 0.3) is 0 Å². The van der Waals surface area contributed by atoms with E-state index in [1.54, 1.807) is 11.3 Å². The minimum atomic E-state index is 0.266. The number of benzene rings is 1. The van der Waals surface area contributed by atoms with Crippen LogP contribution in [0.15, 0.2) is 41.2 Å². The van der Waals surface area contributed by atoms with Crippen molar-refractivity contribution in [2.45, 2.75) is 38.4 Å². The molecule has 2 heterocycles. The molecular weight excluding hydrogens is 294 g/mol. The topological polar surface area (TPSA) is 45.2 Å². The van der Waals surface area contributed by atoms with Gasteiger partial charge < -0.3 is 10.2 Å². The fourth-order valence-electron chi connectivity index (χ4n) is 2.79. The van der Waals surface area contributed by atoms with Crippen molar-refractivity contribution in [1.29, 1.82) is 0 Å². The molecule has 0 aliphatic carbocycles. The van der Waals surface area contributed by atoms with Gasteiger partial charge in [0.1, 0.15) is 0 Å². The summed E-state index contributed by atoms with van der Waals surface area (Å²) in [4.78, 5) is 18.6. The molecule has 22 heavy (non-hydrogen) atoms. The lowest BCUT2D eigenvalue weighted by Crippen LogP contribution is -2.31. The molecule has 3 rings (SSSR count). The summed E-state index contributed by atoms with van der Waals surface area (Å²) in [5.41, 5.74) is 4.14. The monoisotopic (exact) mass is 315 g/mol. The summed E-state index contributed by atoms with van der Waals surface area (Å²) in [5, 5.41) is 5.60. The molecule has 116 valence electrons. The number of rotatable bonds is 5. The zero-order chi connectivity index (χ0) is 15.2. The molecule has 0 spiro atoms. The van der Waals surface area contributed by atoms with Gasteiger partial charge in [-0.05, 0) is 18.4 Å². The van der Waals surface area contributed by atoms with E-state index in [1.165, 1.54) is 5.56 Å². The van der Waals surface area contributed by atoms with Gasteiger partial charge in [-0.25, -0.2) is 4.98 Å². The number of thiazole rings is 1. The third-order valence-corrected chi connectivity index (χ3v) is 4.71. The van der Waals surface area contributed by atoms with Crippen molar-refractivity contribution >= 4 is 17.2 Å². The quantitative estimate of drug-likeness (QED) is 0.923. The number of hydrogen-bond donors (Lipinski definition) is 1. The number of carbonyl (C=O) groups is 1. The molecule has 1 fully saturated rings. The lowest BCUT2D eigenvalue weighted by Gasteiger charge is -2.21. The molecule has 5 heteroatoms. The molecule has 1 aromatic heterocycles. The maximum atomic E-state index is 12.3. The van der Waals surface area contributed by atoms with Crippen molar-refractivity contribution in [1.82, 2.24) is 15.2 Å².